The van der Waals surface area contributed by atoms with Gasteiger partial charge in [-0.25, -0.2) is 4.79 Å². The molecule has 1 heterocycles. The van der Waals surface area contributed by atoms with Crippen molar-refractivity contribution in [3.63, 3.8) is 0 Å². The molecule has 4 heteroatoms. The minimum atomic E-state index is -0.324. The number of rotatable bonds is 4. The second-order valence-electron chi connectivity index (χ2n) is 2.55. The van der Waals surface area contributed by atoms with Crippen molar-refractivity contribution in [1.29, 1.82) is 0 Å². The van der Waals surface area contributed by atoms with Gasteiger partial charge in [-0.1, -0.05) is 6.08 Å². The van der Waals surface area contributed by atoms with E-state index in [1.807, 2.05) is 17.5 Å². The van der Waals surface area contributed by atoms with Crippen molar-refractivity contribution >= 4 is 22.4 Å². The molecule has 0 saturated heterocycles. The van der Waals surface area contributed by atoms with Gasteiger partial charge in [-0.05, 0) is 24.4 Å². The van der Waals surface area contributed by atoms with Crippen molar-refractivity contribution in [2.45, 2.75) is 6.92 Å². The summed E-state index contributed by atoms with van der Waals surface area (Å²) in [7, 11) is 0. The van der Waals surface area contributed by atoms with Crippen molar-refractivity contribution in [3.8, 4) is 0 Å². The van der Waals surface area contributed by atoms with Crippen LogP contribution >= 0.6 is 11.3 Å². The van der Waals surface area contributed by atoms with E-state index in [9.17, 15) is 4.79 Å². The van der Waals surface area contributed by atoms with Crippen molar-refractivity contribution in [2.24, 2.45) is 0 Å². The van der Waals surface area contributed by atoms with Gasteiger partial charge >= 0.3 is 6.09 Å². The first kappa shape index (κ1) is 10.8. The van der Waals surface area contributed by atoms with Gasteiger partial charge in [0.05, 0.1) is 6.61 Å². The Morgan fingerprint density at radius 2 is 2.57 bits per heavy atom. The summed E-state index contributed by atoms with van der Waals surface area (Å²) in [5.41, 5.74) is 0. The predicted octanol–water partition coefficient (Wildman–Crippen LogP) is 2.90. The Labute approximate surface area is 87.6 Å². The molecule has 0 radical (unpaired) electrons. The van der Waals surface area contributed by atoms with Crippen LogP contribution in [0.1, 0.15) is 6.92 Å². The molecule has 0 bridgehead atoms. The third kappa shape index (κ3) is 2.60. The summed E-state index contributed by atoms with van der Waals surface area (Å²) in [5.74, 6) is 0. The molecule has 0 aliphatic rings. The van der Waals surface area contributed by atoms with Gasteiger partial charge in [0.25, 0.3) is 0 Å². The minimum absolute atomic E-state index is 0.324. The zero-order chi connectivity index (χ0) is 10.4. The molecule has 0 saturated carbocycles. The van der Waals surface area contributed by atoms with Crippen LogP contribution in [0.3, 0.4) is 0 Å². The molecule has 1 aromatic heterocycles. The lowest BCUT2D eigenvalue weighted by Crippen LogP contribution is -2.30. The molecular weight excluding hydrogens is 198 g/mol. The van der Waals surface area contributed by atoms with Crippen LogP contribution in [0.2, 0.25) is 0 Å². The summed E-state index contributed by atoms with van der Waals surface area (Å²) in [6.07, 6.45) is 1.35. The van der Waals surface area contributed by atoms with Crippen molar-refractivity contribution in [2.75, 3.05) is 18.1 Å². The molecule has 1 amide bonds. The second-order valence-corrected chi connectivity index (χ2v) is 3.48. The van der Waals surface area contributed by atoms with Crippen LogP contribution in [0.15, 0.2) is 30.2 Å². The molecule has 0 aliphatic carbocycles. The highest BCUT2D eigenvalue weighted by Gasteiger charge is 2.15. The van der Waals surface area contributed by atoms with Gasteiger partial charge in [0.1, 0.15) is 5.00 Å². The molecule has 0 spiro atoms. The van der Waals surface area contributed by atoms with Gasteiger partial charge in [-0.2, -0.15) is 0 Å². The van der Waals surface area contributed by atoms with Gasteiger partial charge < -0.3 is 4.74 Å². The number of hydrogen-bond acceptors (Lipinski definition) is 3. The van der Waals surface area contributed by atoms with Crippen molar-refractivity contribution in [1.82, 2.24) is 0 Å². The van der Waals surface area contributed by atoms with Crippen LogP contribution in [-0.2, 0) is 4.74 Å². The third-order valence-corrected chi connectivity index (χ3v) is 2.46. The van der Waals surface area contributed by atoms with E-state index in [-0.39, 0.29) is 6.09 Å². The summed E-state index contributed by atoms with van der Waals surface area (Å²) < 4.78 is 4.93. The Morgan fingerprint density at radius 3 is 3.07 bits per heavy atom. The lowest BCUT2D eigenvalue weighted by molar-refractivity contribution is 0.160. The van der Waals surface area contributed by atoms with Gasteiger partial charge in [0, 0.05) is 6.54 Å². The maximum Gasteiger partial charge on any atom is 0.415 e. The maximum atomic E-state index is 11.5. The fraction of sp³-hybridized carbons (Fsp3) is 0.300. The van der Waals surface area contributed by atoms with Gasteiger partial charge in [-0.15, -0.1) is 17.9 Å². The topological polar surface area (TPSA) is 29.5 Å². The van der Waals surface area contributed by atoms with E-state index < -0.39 is 0 Å². The van der Waals surface area contributed by atoms with Crippen LogP contribution in [0.25, 0.3) is 0 Å². The molecule has 3 nitrogen and oxygen atoms in total. The quantitative estimate of drug-likeness (QED) is 0.717. The molecule has 76 valence electrons. The minimum Gasteiger partial charge on any atom is -0.449 e. The first-order valence-corrected chi connectivity index (χ1v) is 5.26. The highest BCUT2D eigenvalue weighted by atomic mass is 32.1. The number of anilines is 1. The van der Waals surface area contributed by atoms with Crippen molar-refractivity contribution in [3.05, 3.63) is 30.2 Å². The van der Waals surface area contributed by atoms with Crippen LogP contribution in [0.5, 0.6) is 0 Å². The summed E-state index contributed by atoms with van der Waals surface area (Å²) >= 11 is 1.50. The molecular formula is C10H13NO2S. The summed E-state index contributed by atoms with van der Waals surface area (Å²) in [6.45, 7) is 6.26. The summed E-state index contributed by atoms with van der Waals surface area (Å²) in [6, 6.07) is 3.78. The fourth-order valence-corrected chi connectivity index (χ4v) is 1.74. The lowest BCUT2D eigenvalue weighted by atomic mass is 10.5. The SMILES string of the molecule is C=CCN(C(=O)OCC)c1cccs1. The largest absolute Gasteiger partial charge is 0.449 e. The van der Waals surface area contributed by atoms with E-state index >= 15 is 0 Å². The van der Waals surface area contributed by atoms with Crippen LogP contribution in [0, 0.1) is 0 Å². The number of hydrogen-bond donors (Lipinski definition) is 0. The van der Waals surface area contributed by atoms with E-state index in [4.69, 9.17) is 4.74 Å². The molecule has 0 atom stereocenters. The zero-order valence-corrected chi connectivity index (χ0v) is 8.92. The predicted molar refractivity (Wildman–Crippen MR) is 58.9 cm³/mol. The Kier molecular flexibility index (Phi) is 4.19. The van der Waals surface area contributed by atoms with Gasteiger partial charge in [-0.3, -0.25) is 4.90 Å². The number of carbonyl (C=O) groups is 1. The van der Waals surface area contributed by atoms with Gasteiger partial charge in [0.2, 0.25) is 0 Å². The Hall–Kier alpha value is -1.29. The van der Waals surface area contributed by atoms with Gasteiger partial charge in [0.15, 0.2) is 0 Å². The average Bonchev–Trinajstić information content (AvgIpc) is 2.67. The van der Waals surface area contributed by atoms with E-state index in [1.54, 1.807) is 17.9 Å². The van der Waals surface area contributed by atoms with E-state index in [2.05, 4.69) is 6.58 Å². The normalized spacial score (nSPS) is 9.50. The molecule has 0 unspecified atom stereocenters. The number of thiophene rings is 1. The Balaban J connectivity index is 2.73. The van der Waals surface area contributed by atoms with E-state index in [0.717, 1.165) is 5.00 Å². The van der Waals surface area contributed by atoms with Crippen LogP contribution in [-0.4, -0.2) is 19.2 Å². The summed E-state index contributed by atoms with van der Waals surface area (Å²) in [5, 5.41) is 2.80. The first-order valence-electron chi connectivity index (χ1n) is 4.38. The first-order chi connectivity index (χ1) is 6.79. The Morgan fingerprint density at radius 1 is 1.79 bits per heavy atom. The third-order valence-electron chi connectivity index (χ3n) is 1.57. The standard InChI is InChI=1S/C10H13NO2S/c1-3-7-11(10(12)13-4-2)9-6-5-8-14-9/h3,5-6,8H,1,4,7H2,2H3. The fourth-order valence-electron chi connectivity index (χ4n) is 1.01. The number of nitrogens with zero attached hydrogens (tertiary/aromatic N) is 1. The molecule has 0 aromatic carbocycles. The molecule has 1 rings (SSSR count). The van der Waals surface area contributed by atoms with E-state index in [0.29, 0.717) is 13.2 Å². The van der Waals surface area contributed by atoms with Crippen LogP contribution < -0.4 is 4.90 Å². The average molecular weight is 211 g/mol. The molecule has 0 fully saturated rings. The summed E-state index contributed by atoms with van der Waals surface area (Å²) in [4.78, 5) is 13.1. The number of carbonyl (C=O) groups excluding carboxylic acids is 1. The number of ether oxygens (including phenoxy) is 1. The lowest BCUT2D eigenvalue weighted by Gasteiger charge is -2.17. The van der Waals surface area contributed by atoms with E-state index in [1.165, 1.54) is 11.3 Å². The smallest absolute Gasteiger partial charge is 0.415 e. The second kappa shape index (κ2) is 5.44. The molecule has 0 N–H and O–H groups in total. The van der Waals surface area contributed by atoms with Crippen molar-refractivity contribution < 1.29 is 9.53 Å². The molecule has 14 heavy (non-hydrogen) atoms. The highest BCUT2D eigenvalue weighted by molar-refractivity contribution is 7.14. The highest BCUT2D eigenvalue weighted by Crippen LogP contribution is 2.21. The molecule has 1 aromatic rings. The Bertz CT molecular complexity index is 295. The molecule has 0 aliphatic heterocycles. The van der Waals surface area contributed by atoms with Crippen LogP contribution in [0.4, 0.5) is 9.80 Å². The monoisotopic (exact) mass is 211 g/mol. The number of amides is 1. The maximum absolute atomic E-state index is 11.5. The zero-order valence-electron chi connectivity index (χ0n) is 8.10.